The number of rotatable bonds is 5. The van der Waals surface area contributed by atoms with Crippen LogP contribution in [-0.2, 0) is 6.54 Å². The summed E-state index contributed by atoms with van der Waals surface area (Å²) in [5, 5.41) is 9.68. The number of aromatic nitrogens is 2. The van der Waals surface area contributed by atoms with Crippen molar-refractivity contribution in [3.8, 4) is 22.1 Å². The molecule has 0 atom stereocenters. The standard InChI is InChI=1S/C24H21N3O3S/c28-24(25-18-9-10-20-21(14-18)30-12-5-11-29-20)19-16-27(15-17-6-2-1-3-7-17)26-23(19)22-8-4-13-31-22/h1-4,6-10,13-14,16H,5,11-12,15H2,(H,25,28). The smallest absolute Gasteiger partial charge is 0.259 e. The van der Waals surface area contributed by atoms with Gasteiger partial charge in [-0.05, 0) is 29.1 Å². The van der Waals surface area contributed by atoms with Gasteiger partial charge in [-0.2, -0.15) is 5.10 Å². The summed E-state index contributed by atoms with van der Waals surface area (Å²) in [5.74, 6) is 1.14. The Morgan fingerprint density at radius 3 is 2.68 bits per heavy atom. The Labute approximate surface area is 184 Å². The molecule has 4 aromatic rings. The number of benzene rings is 2. The van der Waals surface area contributed by atoms with Gasteiger partial charge in [0.2, 0.25) is 0 Å². The summed E-state index contributed by atoms with van der Waals surface area (Å²) >= 11 is 1.56. The maximum absolute atomic E-state index is 13.2. The van der Waals surface area contributed by atoms with Crippen LogP contribution in [0.15, 0.2) is 72.2 Å². The molecule has 0 fully saturated rings. The number of nitrogens with one attached hydrogen (secondary N) is 1. The normalized spacial score (nSPS) is 12.9. The van der Waals surface area contributed by atoms with E-state index >= 15 is 0 Å². The van der Waals surface area contributed by atoms with Gasteiger partial charge in [0, 0.05) is 24.4 Å². The Morgan fingerprint density at radius 2 is 1.87 bits per heavy atom. The van der Waals surface area contributed by atoms with E-state index in [9.17, 15) is 4.79 Å². The number of amides is 1. The zero-order chi connectivity index (χ0) is 21.0. The molecule has 2 aromatic heterocycles. The number of nitrogens with zero attached hydrogens (tertiary/aromatic N) is 2. The molecule has 1 aliphatic heterocycles. The van der Waals surface area contributed by atoms with Crippen molar-refractivity contribution in [3.05, 3.63) is 83.4 Å². The number of hydrogen-bond donors (Lipinski definition) is 1. The van der Waals surface area contributed by atoms with Crippen LogP contribution >= 0.6 is 11.3 Å². The molecule has 6 nitrogen and oxygen atoms in total. The predicted molar refractivity (Wildman–Crippen MR) is 121 cm³/mol. The molecule has 31 heavy (non-hydrogen) atoms. The molecule has 1 amide bonds. The third-order valence-corrected chi connectivity index (χ3v) is 5.83. The van der Waals surface area contributed by atoms with Gasteiger partial charge in [-0.3, -0.25) is 9.48 Å². The molecule has 0 radical (unpaired) electrons. The molecule has 0 saturated carbocycles. The lowest BCUT2D eigenvalue weighted by molar-refractivity contribution is 0.102. The van der Waals surface area contributed by atoms with Crippen molar-refractivity contribution in [3.63, 3.8) is 0 Å². The number of hydrogen-bond acceptors (Lipinski definition) is 5. The number of anilines is 1. The van der Waals surface area contributed by atoms with Crippen LogP contribution in [0.5, 0.6) is 11.5 Å². The molecule has 2 aromatic carbocycles. The van der Waals surface area contributed by atoms with E-state index < -0.39 is 0 Å². The molecule has 1 N–H and O–H groups in total. The highest BCUT2D eigenvalue weighted by Gasteiger charge is 2.20. The summed E-state index contributed by atoms with van der Waals surface area (Å²) in [5.41, 5.74) is 2.99. The van der Waals surface area contributed by atoms with E-state index in [0.717, 1.165) is 16.9 Å². The van der Waals surface area contributed by atoms with Crippen LogP contribution in [0.2, 0.25) is 0 Å². The zero-order valence-corrected chi connectivity index (χ0v) is 17.6. The predicted octanol–water partition coefficient (Wildman–Crippen LogP) is 5.07. The Bertz CT molecular complexity index is 1190. The number of ether oxygens (including phenoxy) is 2. The molecule has 7 heteroatoms. The monoisotopic (exact) mass is 431 g/mol. The van der Waals surface area contributed by atoms with E-state index in [4.69, 9.17) is 14.6 Å². The second-order valence-electron chi connectivity index (χ2n) is 7.22. The van der Waals surface area contributed by atoms with Crippen molar-refractivity contribution < 1.29 is 14.3 Å². The summed E-state index contributed by atoms with van der Waals surface area (Å²) in [6.45, 7) is 1.82. The molecule has 0 aliphatic carbocycles. The molecule has 1 aliphatic rings. The van der Waals surface area contributed by atoms with Crippen LogP contribution < -0.4 is 14.8 Å². The average Bonchev–Trinajstić information content (AvgIpc) is 3.40. The summed E-state index contributed by atoms with van der Waals surface area (Å²) < 4.78 is 13.2. The highest BCUT2D eigenvalue weighted by molar-refractivity contribution is 7.13. The molecule has 3 heterocycles. The lowest BCUT2D eigenvalue weighted by atomic mass is 10.2. The minimum Gasteiger partial charge on any atom is -0.490 e. The fraction of sp³-hybridized carbons (Fsp3) is 0.167. The Morgan fingerprint density at radius 1 is 1.03 bits per heavy atom. The zero-order valence-electron chi connectivity index (χ0n) is 16.8. The van der Waals surface area contributed by atoms with Gasteiger partial charge in [0.05, 0.1) is 30.2 Å². The molecular weight excluding hydrogens is 410 g/mol. The summed E-state index contributed by atoms with van der Waals surface area (Å²) in [6, 6.07) is 19.5. The van der Waals surface area contributed by atoms with Gasteiger partial charge >= 0.3 is 0 Å². The first-order chi connectivity index (χ1) is 15.3. The lowest BCUT2D eigenvalue weighted by Crippen LogP contribution is -2.12. The first kappa shape index (κ1) is 19.4. The Balaban J connectivity index is 1.43. The molecule has 0 spiro atoms. The molecule has 156 valence electrons. The minimum atomic E-state index is -0.211. The van der Waals surface area contributed by atoms with Gasteiger partial charge in [0.15, 0.2) is 11.5 Å². The molecule has 0 saturated heterocycles. The van der Waals surface area contributed by atoms with Crippen molar-refractivity contribution in [1.29, 1.82) is 0 Å². The van der Waals surface area contributed by atoms with Crippen LogP contribution in [0.25, 0.3) is 10.6 Å². The highest BCUT2D eigenvalue weighted by Crippen LogP contribution is 2.33. The first-order valence-corrected chi connectivity index (χ1v) is 11.0. The molecular formula is C24H21N3O3S. The van der Waals surface area contributed by atoms with Crippen LogP contribution in [0, 0.1) is 0 Å². The quantitative estimate of drug-likeness (QED) is 0.479. The maximum Gasteiger partial charge on any atom is 0.259 e. The number of carbonyl (C=O) groups excluding carboxylic acids is 1. The summed E-state index contributed by atoms with van der Waals surface area (Å²) in [6.07, 6.45) is 2.64. The molecule has 5 rings (SSSR count). The fourth-order valence-corrected chi connectivity index (χ4v) is 4.20. The topological polar surface area (TPSA) is 65.4 Å². The van der Waals surface area contributed by atoms with E-state index in [2.05, 4.69) is 5.32 Å². The van der Waals surface area contributed by atoms with Gasteiger partial charge in [0.1, 0.15) is 5.69 Å². The van der Waals surface area contributed by atoms with E-state index in [0.29, 0.717) is 48.2 Å². The fourth-order valence-electron chi connectivity index (χ4n) is 3.47. The SMILES string of the molecule is O=C(Nc1ccc2c(c1)OCCCO2)c1cn(Cc2ccccc2)nc1-c1cccs1. The highest BCUT2D eigenvalue weighted by atomic mass is 32.1. The lowest BCUT2D eigenvalue weighted by Gasteiger charge is -2.10. The third kappa shape index (κ3) is 4.32. The van der Waals surface area contributed by atoms with E-state index in [-0.39, 0.29) is 5.91 Å². The Kier molecular flexibility index (Phi) is 5.41. The molecule has 0 unspecified atom stereocenters. The van der Waals surface area contributed by atoms with Gasteiger partial charge in [-0.15, -0.1) is 11.3 Å². The second-order valence-corrected chi connectivity index (χ2v) is 8.17. The number of thiophene rings is 1. The van der Waals surface area contributed by atoms with Crippen LogP contribution in [0.3, 0.4) is 0 Å². The first-order valence-electron chi connectivity index (χ1n) is 10.1. The maximum atomic E-state index is 13.2. The van der Waals surface area contributed by atoms with Crippen molar-refractivity contribution in [2.45, 2.75) is 13.0 Å². The second kappa shape index (κ2) is 8.65. The van der Waals surface area contributed by atoms with E-state index in [1.165, 1.54) is 0 Å². The number of carbonyl (C=O) groups is 1. The van der Waals surface area contributed by atoms with Crippen LogP contribution in [-0.4, -0.2) is 28.9 Å². The third-order valence-electron chi connectivity index (χ3n) is 4.95. The van der Waals surface area contributed by atoms with Gasteiger partial charge < -0.3 is 14.8 Å². The van der Waals surface area contributed by atoms with Gasteiger partial charge in [-0.25, -0.2) is 0 Å². The van der Waals surface area contributed by atoms with Crippen LogP contribution in [0.4, 0.5) is 5.69 Å². The minimum absolute atomic E-state index is 0.211. The van der Waals surface area contributed by atoms with Crippen LogP contribution in [0.1, 0.15) is 22.3 Å². The largest absolute Gasteiger partial charge is 0.490 e. The van der Waals surface area contributed by atoms with Crippen molar-refractivity contribution >= 4 is 22.9 Å². The average molecular weight is 432 g/mol. The molecule has 0 bridgehead atoms. The van der Waals surface area contributed by atoms with Crippen molar-refractivity contribution in [1.82, 2.24) is 9.78 Å². The summed E-state index contributed by atoms with van der Waals surface area (Å²) in [7, 11) is 0. The summed E-state index contributed by atoms with van der Waals surface area (Å²) in [4.78, 5) is 14.2. The van der Waals surface area contributed by atoms with Crippen molar-refractivity contribution in [2.24, 2.45) is 0 Å². The van der Waals surface area contributed by atoms with Crippen molar-refractivity contribution in [2.75, 3.05) is 18.5 Å². The van der Waals surface area contributed by atoms with Gasteiger partial charge in [-0.1, -0.05) is 36.4 Å². The van der Waals surface area contributed by atoms with E-state index in [1.54, 1.807) is 23.6 Å². The van der Waals surface area contributed by atoms with Gasteiger partial charge in [0.25, 0.3) is 5.91 Å². The number of fused-ring (bicyclic) bond motifs is 1. The van der Waals surface area contributed by atoms with E-state index in [1.807, 2.05) is 64.7 Å². The Hall–Kier alpha value is -3.58.